The number of aryl methyl sites for hydroxylation is 1. The number of amides is 1. The Bertz CT molecular complexity index is 422. The SMILES string of the molecule is CCc1nc(Cl)c(C)c(N(C)CC(=O)NC)n1. The molecular formula is C11H17ClN4O. The summed E-state index contributed by atoms with van der Waals surface area (Å²) in [7, 11) is 3.41. The molecule has 0 atom stereocenters. The first-order chi connectivity index (χ1) is 7.99. The lowest BCUT2D eigenvalue weighted by Gasteiger charge is -2.20. The molecule has 6 heteroatoms. The maximum Gasteiger partial charge on any atom is 0.239 e. The molecule has 1 amide bonds. The van der Waals surface area contributed by atoms with Crippen LogP contribution in [0.3, 0.4) is 0 Å². The van der Waals surface area contributed by atoms with Gasteiger partial charge in [0.2, 0.25) is 5.91 Å². The lowest BCUT2D eigenvalue weighted by atomic mass is 10.3. The van der Waals surface area contributed by atoms with Crippen molar-refractivity contribution in [3.05, 3.63) is 16.5 Å². The van der Waals surface area contributed by atoms with Gasteiger partial charge in [-0.15, -0.1) is 0 Å². The number of aromatic nitrogens is 2. The van der Waals surface area contributed by atoms with E-state index in [9.17, 15) is 4.79 Å². The monoisotopic (exact) mass is 256 g/mol. The van der Waals surface area contributed by atoms with Crippen LogP contribution in [0.4, 0.5) is 5.82 Å². The first-order valence-electron chi connectivity index (χ1n) is 5.44. The molecule has 0 aliphatic rings. The van der Waals surface area contributed by atoms with E-state index in [1.165, 1.54) is 0 Å². The predicted octanol–water partition coefficient (Wildman–Crippen LogP) is 1.18. The largest absolute Gasteiger partial charge is 0.358 e. The van der Waals surface area contributed by atoms with Crippen molar-refractivity contribution < 1.29 is 4.79 Å². The van der Waals surface area contributed by atoms with Crippen molar-refractivity contribution in [3.8, 4) is 0 Å². The van der Waals surface area contributed by atoms with Gasteiger partial charge in [0.25, 0.3) is 0 Å². The highest BCUT2D eigenvalue weighted by atomic mass is 35.5. The van der Waals surface area contributed by atoms with Crippen LogP contribution in [-0.4, -0.2) is 36.5 Å². The highest BCUT2D eigenvalue weighted by Crippen LogP contribution is 2.22. The highest BCUT2D eigenvalue weighted by Gasteiger charge is 2.14. The van der Waals surface area contributed by atoms with Crippen molar-refractivity contribution in [2.24, 2.45) is 0 Å². The number of halogens is 1. The second kappa shape index (κ2) is 5.82. The van der Waals surface area contributed by atoms with Crippen LogP contribution in [0.2, 0.25) is 5.15 Å². The molecule has 0 aliphatic heterocycles. The summed E-state index contributed by atoms with van der Waals surface area (Å²) in [4.78, 5) is 21.6. The zero-order valence-electron chi connectivity index (χ0n) is 10.5. The molecule has 0 unspecified atom stereocenters. The second-order valence-electron chi connectivity index (χ2n) is 3.76. The molecule has 1 aromatic rings. The molecule has 0 saturated carbocycles. The third kappa shape index (κ3) is 3.30. The number of hydrogen-bond acceptors (Lipinski definition) is 4. The number of carbonyl (C=O) groups excluding carboxylic acids is 1. The van der Waals surface area contributed by atoms with Crippen molar-refractivity contribution in [2.45, 2.75) is 20.3 Å². The number of nitrogens with zero attached hydrogens (tertiary/aromatic N) is 3. The standard InChI is InChI=1S/C11H17ClN4O/c1-5-8-14-10(12)7(2)11(15-8)16(4)6-9(17)13-3/h5-6H2,1-4H3,(H,13,17). The molecule has 0 aromatic carbocycles. The second-order valence-corrected chi connectivity index (χ2v) is 4.12. The molecule has 94 valence electrons. The van der Waals surface area contributed by atoms with E-state index in [1.807, 2.05) is 13.8 Å². The fourth-order valence-corrected chi connectivity index (χ4v) is 1.60. The summed E-state index contributed by atoms with van der Waals surface area (Å²) < 4.78 is 0. The molecule has 0 fully saturated rings. The van der Waals surface area contributed by atoms with Crippen LogP contribution in [0.25, 0.3) is 0 Å². The van der Waals surface area contributed by atoms with Crippen molar-refractivity contribution in [3.63, 3.8) is 0 Å². The van der Waals surface area contributed by atoms with E-state index in [0.29, 0.717) is 23.2 Å². The van der Waals surface area contributed by atoms with Crippen LogP contribution in [0.5, 0.6) is 0 Å². The predicted molar refractivity (Wildman–Crippen MR) is 68.5 cm³/mol. The number of hydrogen-bond donors (Lipinski definition) is 1. The minimum Gasteiger partial charge on any atom is -0.358 e. The van der Waals surface area contributed by atoms with Gasteiger partial charge in [-0.05, 0) is 6.92 Å². The number of likely N-dealkylation sites (N-methyl/N-ethyl adjacent to an activating group) is 2. The van der Waals surface area contributed by atoms with Gasteiger partial charge in [-0.3, -0.25) is 4.79 Å². The van der Waals surface area contributed by atoms with Crippen LogP contribution in [0.15, 0.2) is 0 Å². The van der Waals surface area contributed by atoms with E-state index in [2.05, 4.69) is 15.3 Å². The zero-order chi connectivity index (χ0) is 13.0. The van der Waals surface area contributed by atoms with Gasteiger partial charge in [0, 0.05) is 26.1 Å². The number of anilines is 1. The third-order valence-corrected chi connectivity index (χ3v) is 2.81. The molecule has 1 rings (SSSR count). The summed E-state index contributed by atoms with van der Waals surface area (Å²) in [5.41, 5.74) is 0.787. The van der Waals surface area contributed by atoms with E-state index in [-0.39, 0.29) is 12.5 Å². The smallest absolute Gasteiger partial charge is 0.239 e. The molecule has 0 radical (unpaired) electrons. The molecular weight excluding hydrogens is 240 g/mol. The van der Waals surface area contributed by atoms with Gasteiger partial charge in [-0.1, -0.05) is 18.5 Å². The highest BCUT2D eigenvalue weighted by molar-refractivity contribution is 6.30. The molecule has 5 nitrogen and oxygen atoms in total. The number of nitrogens with one attached hydrogen (secondary N) is 1. The van der Waals surface area contributed by atoms with Gasteiger partial charge in [0.05, 0.1) is 6.54 Å². The van der Waals surface area contributed by atoms with Gasteiger partial charge in [-0.2, -0.15) is 0 Å². The van der Waals surface area contributed by atoms with Gasteiger partial charge in [0.1, 0.15) is 16.8 Å². The molecule has 0 aliphatic carbocycles. The van der Waals surface area contributed by atoms with E-state index < -0.39 is 0 Å². The first-order valence-corrected chi connectivity index (χ1v) is 5.82. The average molecular weight is 257 g/mol. The van der Waals surface area contributed by atoms with E-state index in [0.717, 1.165) is 5.56 Å². The molecule has 0 bridgehead atoms. The summed E-state index contributed by atoms with van der Waals surface area (Å²) in [6, 6.07) is 0. The Balaban J connectivity index is 3.03. The Morgan fingerprint density at radius 2 is 2.12 bits per heavy atom. The van der Waals surface area contributed by atoms with Crippen molar-refractivity contribution in [1.82, 2.24) is 15.3 Å². The Hall–Kier alpha value is -1.36. The minimum atomic E-state index is -0.0697. The van der Waals surface area contributed by atoms with E-state index in [4.69, 9.17) is 11.6 Å². The van der Waals surface area contributed by atoms with Crippen LogP contribution in [0, 0.1) is 6.92 Å². The fraction of sp³-hybridized carbons (Fsp3) is 0.545. The summed E-state index contributed by atoms with van der Waals surface area (Å²) in [5.74, 6) is 1.31. The lowest BCUT2D eigenvalue weighted by Crippen LogP contribution is -2.34. The van der Waals surface area contributed by atoms with E-state index >= 15 is 0 Å². The van der Waals surface area contributed by atoms with Crippen LogP contribution in [-0.2, 0) is 11.2 Å². The molecule has 17 heavy (non-hydrogen) atoms. The maximum atomic E-state index is 11.3. The summed E-state index contributed by atoms with van der Waals surface area (Å²) in [6.45, 7) is 4.05. The molecule has 1 heterocycles. The number of carbonyl (C=O) groups is 1. The normalized spacial score (nSPS) is 10.2. The molecule has 1 N–H and O–H groups in total. The van der Waals surface area contributed by atoms with Gasteiger partial charge in [-0.25, -0.2) is 9.97 Å². The van der Waals surface area contributed by atoms with E-state index in [1.54, 1.807) is 19.0 Å². The summed E-state index contributed by atoms with van der Waals surface area (Å²) in [5, 5.41) is 3.01. The van der Waals surface area contributed by atoms with Crippen LogP contribution < -0.4 is 10.2 Å². The maximum absolute atomic E-state index is 11.3. The summed E-state index contributed by atoms with van der Waals surface area (Å²) >= 11 is 6.03. The topological polar surface area (TPSA) is 58.1 Å². The third-order valence-electron chi connectivity index (χ3n) is 2.44. The molecule has 1 aromatic heterocycles. The van der Waals surface area contributed by atoms with Crippen molar-refractivity contribution in [2.75, 3.05) is 25.5 Å². The van der Waals surface area contributed by atoms with Crippen molar-refractivity contribution in [1.29, 1.82) is 0 Å². The fourth-order valence-electron chi connectivity index (χ4n) is 1.42. The molecule has 0 saturated heterocycles. The van der Waals surface area contributed by atoms with Crippen LogP contribution in [0.1, 0.15) is 18.3 Å². The Morgan fingerprint density at radius 3 is 2.65 bits per heavy atom. The minimum absolute atomic E-state index is 0.0697. The zero-order valence-corrected chi connectivity index (χ0v) is 11.3. The quantitative estimate of drug-likeness (QED) is 0.822. The van der Waals surface area contributed by atoms with Crippen LogP contribution >= 0.6 is 11.6 Å². The lowest BCUT2D eigenvalue weighted by molar-refractivity contribution is -0.119. The Labute approximate surface area is 106 Å². The van der Waals surface area contributed by atoms with Gasteiger partial charge >= 0.3 is 0 Å². The average Bonchev–Trinajstić information content (AvgIpc) is 2.31. The molecule has 0 spiro atoms. The number of rotatable bonds is 4. The van der Waals surface area contributed by atoms with Gasteiger partial charge < -0.3 is 10.2 Å². The van der Waals surface area contributed by atoms with Crippen molar-refractivity contribution >= 4 is 23.3 Å². The Kier molecular flexibility index (Phi) is 4.69. The Morgan fingerprint density at radius 1 is 1.47 bits per heavy atom. The van der Waals surface area contributed by atoms with Gasteiger partial charge in [0.15, 0.2) is 0 Å². The first kappa shape index (κ1) is 13.7. The summed E-state index contributed by atoms with van der Waals surface area (Å²) in [6.07, 6.45) is 0.709.